The lowest BCUT2D eigenvalue weighted by Gasteiger charge is -2.21. The van der Waals surface area contributed by atoms with Gasteiger partial charge in [0.2, 0.25) is 5.91 Å². The fraction of sp³-hybridized carbons (Fsp3) is 0.533. The molecule has 0 spiro atoms. The number of aromatic hydroxyl groups is 1. The number of anilines is 1. The van der Waals surface area contributed by atoms with Crippen molar-refractivity contribution in [3.8, 4) is 5.75 Å². The summed E-state index contributed by atoms with van der Waals surface area (Å²) in [5.41, 5.74) is 0.776. The lowest BCUT2D eigenvalue weighted by molar-refractivity contribution is -0.118. The lowest BCUT2D eigenvalue weighted by atomic mass is 10.1. The Morgan fingerprint density at radius 1 is 1.22 bits per heavy atom. The number of rotatable bonds is 7. The van der Waals surface area contributed by atoms with Crippen molar-refractivity contribution in [3.05, 3.63) is 24.3 Å². The number of unbranched alkanes of at least 4 members (excludes halogenated alkanes) is 3. The SMILES string of the molecule is CCCCCCC(=O)N(CC)c1cccc(O)c1. The summed E-state index contributed by atoms with van der Waals surface area (Å²) in [5.74, 6) is 0.337. The maximum atomic E-state index is 12.1. The first-order valence-electron chi connectivity index (χ1n) is 6.78. The molecular weight excluding hydrogens is 226 g/mol. The third-order valence-corrected chi connectivity index (χ3v) is 3.00. The molecule has 1 aromatic rings. The van der Waals surface area contributed by atoms with Crippen LogP contribution in [0.15, 0.2) is 24.3 Å². The van der Waals surface area contributed by atoms with Crippen LogP contribution in [-0.4, -0.2) is 17.6 Å². The summed E-state index contributed by atoms with van der Waals surface area (Å²) < 4.78 is 0. The fourth-order valence-electron chi connectivity index (χ4n) is 2.00. The van der Waals surface area contributed by atoms with Crippen LogP contribution >= 0.6 is 0 Å². The summed E-state index contributed by atoms with van der Waals surface area (Å²) in [6.45, 7) is 4.75. The molecule has 0 bridgehead atoms. The summed E-state index contributed by atoms with van der Waals surface area (Å²) in [6.07, 6.45) is 5.01. The van der Waals surface area contributed by atoms with Crippen molar-refractivity contribution in [1.82, 2.24) is 0 Å². The van der Waals surface area contributed by atoms with E-state index < -0.39 is 0 Å². The Hall–Kier alpha value is -1.51. The van der Waals surface area contributed by atoms with Gasteiger partial charge in [-0.2, -0.15) is 0 Å². The number of phenolic OH excluding ortho intramolecular Hbond substituents is 1. The van der Waals surface area contributed by atoms with Gasteiger partial charge in [-0.05, 0) is 25.5 Å². The van der Waals surface area contributed by atoms with E-state index in [1.54, 1.807) is 23.1 Å². The molecule has 0 heterocycles. The topological polar surface area (TPSA) is 40.5 Å². The number of hydrogen-bond acceptors (Lipinski definition) is 2. The Balaban J connectivity index is 2.57. The minimum absolute atomic E-state index is 0.138. The second kappa shape index (κ2) is 7.75. The molecule has 1 rings (SSSR count). The molecule has 0 aromatic heterocycles. The number of hydrogen-bond donors (Lipinski definition) is 1. The zero-order chi connectivity index (χ0) is 13.4. The zero-order valence-corrected chi connectivity index (χ0v) is 11.4. The van der Waals surface area contributed by atoms with Gasteiger partial charge in [-0.15, -0.1) is 0 Å². The molecule has 3 heteroatoms. The summed E-state index contributed by atoms with van der Waals surface area (Å²) in [5, 5.41) is 9.45. The molecule has 3 nitrogen and oxygen atoms in total. The van der Waals surface area contributed by atoms with Crippen LogP contribution < -0.4 is 4.90 Å². The van der Waals surface area contributed by atoms with Gasteiger partial charge in [0.15, 0.2) is 0 Å². The van der Waals surface area contributed by atoms with E-state index in [0.29, 0.717) is 13.0 Å². The molecule has 100 valence electrons. The minimum Gasteiger partial charge on any atom is -0.508 e. The lowest BCUT2D eigenvalue weighted by Crippen LogP contribution is -2.30. The Morgan fingerprint density at radius 3 is 2.61 bits per heavy atom. The van der Waals surface area contributed by atoms with Crippen LogP contribution in [-0.2, 0) is 4.79 Å². The predicted octanol–water partition coefficient (Wildman–Crippen LogP) is 3.72. The highest BCUT2D eigenvalue weighted by Crippen LogP contribution is 2.21. The van der Waals surface area contributed by atoms with E-state index in [9.17, 15) is 9.90 Å². The summed E-state index contributed by atoms with van der Waals surface area (Å²) in [4.78, 5) is 13.8. The highest BCUT2D eigenvalue weighted by molar-refractivity contribution is 5.93. The van der Waals surface area contributed by atoms with Crippen LogP contribution in [0.3, 0.4) is 0 Å². The monoisotopic (exact) mass is 249 g/mol. The van der Waals surface area contributed by atoms with Crippen LogP contribution in [0.4, 0.5) is 5.69 Å². The average Bonchev–Trinajstić information content (AvgIpc) is 2.36. The van der Waals surface area contributed by atoms with Crippen LogP contribution in [0.2, 0.25) is 0 Å². The van der Waals surface area contributed by atoms with Gasteiger partial charge in [0.1, 0.15) is 5.75 Å². The fourth-order valence-corrected chi connectivity index (χ4v) is 2.00. The molecule has 0 unspecified atom stereocenters. The normalized spacial score (nSPS) is 10.3. The van der Waals surface area contributed by atoms with Gasteiger partial charge in [0.25, 0.3) is 0 Å². The van der Waals surface area contributed by atoms with Gasteiger partial charge in [-0.3, -0.25) is 4.79 Å². The van der Waals surface area contributed by atoms with Gasteiger partial charge in [-0.25, -0.2) is 0 Å². The van der Waals surface area contributed by atoms with E-state index in [2.05, 4.69) is 6.92 Å². The van der Waals surface area contributed by atoms with Crippen LogP contribution in [0.25, 0.3) is 0 Å². The molecular formula is C15H23NO2. The zero-order valence-electron chi connectivity index (χ0n) is 11.4. The number of carbonyl (C=O) groups is 1. The molecule has 0 saturated heterocycles. The standard InChI is InChI=1S/C15H23NO2/c1-3-5-6-7-11-15(18)16(4-2)13-9-8-10-14(17)12-13/h8-10,12,17H,3-7,11H2,1-2H3. The van der Waals surface area contributed by atoms with E-state index >= 15 is 0 Å². The van der Waals surface area contributed by atoms with Gasteiger partial charge < -0.3 is 10.0 Å². The number of benzene rings is 1. The minimum atomic E-state index is 0.138. The number of carbonyl (C=O) groups excluding carboxylic acids is 1. The smallest absolute Gasteiger partial charge is 0.226 e. The average molecular weight is 249 g/mol. The highest BCUT2D eigenvalue weighted by Gasteiger charge is 2.13. The first-order valence-corrected chi connectivity index (χ1v) is 6.78. The Bertz CT molecular complexity index is 377. The van der Waals surface area contributed by atoms with E-state index in [-0.39, 0.29) is 11.7 Å². The third kappa shape index (κ3) is 4.40. The Morgan fingerprint density at radius 2 is 2.00 bits per heavy atom. The van der Waals surface area contributed by atoms with Gasteiger partial charge in [0.05, 0.1) is 0 Å². The van der Waals surface area contributed by atoms with Crippen molar-refractivity contribution < 1.29 is 9.90 Å². The maximum absolute atomic E-state index is 12.1. The van der Waals surface area contributed by atoms with E-state index in [4.69, 9.17) is 0 Å². The van der Waals surface area contributed by atoms with Crippen molar-refractivity contribution in [2.75, 3.05) is 11.4 Å². The van der Waals surface area contributed by atoms with Crippen molar-refractivity contribution in [3.63, 3.8) is 0 Å². The van der Waals surface area contributed by atoms with Crippen molar-refractivity contribution in [1.29, 1.82) is 0 Å². The predicted molar refractivity (Wildman–Crippen MR) is 74.9 cm³/mol. The van der Waals surface area contributed by atoms with E-state index in [1.807, 2.05) is 13.0 Å². The Labute approximate surface area is 109 Å². The molecule has 1 amide bonds. The number of phenols is 1. The highest BCUT2D eigenvalue weighted by atomic mass is 16.3. The molecule has 0 aliphatic heterocycles. The first-order chi connectivity index (χ1) is 8.69. The third-order valence-electron chi connectivity index (χ3n) is 3.00. The van der Waals surface area contributed by atoms with Crippen molar-refractivity contribution >= 4 is 11.6 Å². The molecule has 18 heavy (non-hydrogen) atoms. The molecule has 1 N–H and O–H groups in total. The quantitative estimate of drug-likeness (QED) is 0.748. The van der Waals surface area contributed by atoms with Gasteiger partial charge in [-0.1, -0.05) is 32.3 Å². The number of nitrogens with zero attached hydrogens (tertiary/aromatic N) is 1. The summed E-state index contributed by atoms with van der Waals surface area (Å²) in [6, 6.07) is 6.86. The second-order valence-electron chi connectivity index (χ2n) is 4.47. The van der Waals surface area contributed by atoms with E-state index in [0.717, 1.165) is 18.5 Å². The van der Waals surface area contributed by atoms with Crippen molar-refractivity contribution in [2.24, 2.45) is 0 Å². The van der Waals surface area contributed by atoms with E-state index in [1.165, 1.54) is 12.8 Å². The molecule has 0 radical (unpaired) electrons. The van der Waals surface area contributed by atoms with Crippen LogP contribution in [0, 0.1) is 0 Å². The molecule has 0 aliphatic carbocycles. The molecule has 1 aromatic carbocycles. The molecule has 0 fully saturated rings. The Kier molecular flexibility index (Phi) is 6.26. The summed E-state index contributed by atoms with van der Waals surface area (Å²) in [7, 11) is 0. The molecule has 0 saturated carbocycles. The maximum Gasteiger partial charge on any atom is 0.226 e. The summed E-state index contributed by atoms with van der Waals surface area (Å²) >= 11 is 0. The molecule has 0 aliphatic rings. The van der Waals surface area contributed by atoms with Gasteiger partial charge >= 0.3 is 0 Å². The second-order valence-corrected chi connectivity index (χ2v) is 4.47. The van der Waals surface area contributed by atoms with Crippen LogP contribution in [0.1, 0.15) is 46.0 Å². The van der Waals surface area contributed by atoms with Crippen molar-refractivity contribution in [2.45, 2.75) is 46.0 Å². The largest absolute Gasteiger partial charge is 0.508 e. The first kappa shape index (κ1) is 14.6. The molecule has 0 atom stereocenters. The number of amides is 1. The van der Waals surface area contributed by atoms with Gasteiger partial charge in [0, 0.05) is 24.7 Å². The van der Waals surface area contributed by atoms with Crippen LogP contribution in [0.5, 0.6) is 5.75 Å².